The van der Waals surface area contributed by atoms with Gasteiger partial charge in [-0.25, -0.2) is 23.1 Å². The molecule has 0 amide bonds. The number of rotatable bonds is 5. The van der Waals surface area contributed by atoms with E-state index in [1.165, 1.54) is 6.26 Å². The number of aromatic amines is 1. The van der Waals surface area contributed by atoms with E-state index >= 15 is 0 Å². The van der Waals surface area contributed by atoms with Gasteiger partial charge in [-0.05, 0) is 37.1 Å². The molecule has 3 heterocycles. The lowest BCUT2D eigenvalue weighted by Crippen LogP contribution is -2.48. The molecule has 1 fully saturated rings. The summed E-state index contributed by atoms with van der Waals surface area (Å²) in [7, 11) is -3.29. The molecule has 3 aromatic rings. The Hall–Kier alpha value is -2.16. The number of nitrogens with one attached hydrogen (secondary N) is 3. The van der Waals surface area contributed by atoms with Crippen LogP contribution in [0.4, 0.5) is 5.82 Å². The van der Waals surface area contributed by atoms with Crippen LogP contribution in [-0.4, -0.2) is 41.7 Å². The fraction of sp³-hybridized carbons (Fsp3) is 0.368. The lowest BCUT2D eigenvalue weighted by Gasteiger charge is -2.33. The van der Waals surface area contributed by atoms with E-state index in [0.717, 1.165) is 47.8 Å². The van der Waals surface area contributed by atoms with E-state index in [-0.39, 0.29) is 12.1 Å². The molecule has 9 heteroatoms. The minimum absolute atomic E-state index is 0.0588. The van der Waals surface area contributed by atoms with Crippen molar-refractivity contribution >= 4 is 38.5 Å². The number of hydrogen-bond donors (Lipinski definition) is 3. The van der Waals surface area contributed by atoms with Crippen molar-refractivity contribution in [3.63, 3.8) is 0 Å². The molecule has 4 rings (SSSR count). The first-order valence-corrected chi connectivity index (χ1v) is 11.5. The van der Waals surface area contributed by atoms with Crippen LogP contribution < -0.4 is 10.0 Å². The molecule has 3 N–H and O–H groups in total. The Morgan fingerprint density at radius 1 is 1.14 bits per heavy atom. The summed E-state index contributed by atoms with van der Waals surface area (Å²) in [4.78, 5) is 12.0. The van der Waals surface area contributed by atoms with Crippen molar-refractivity contribution in [3.05, 3.63) is 41.8 Å². The maximum Gasteiger partial charge on any atom is 0.209 e. The zero-order valence-corrected chi connectivity index (χ0v) is 17.0. The van der Waals surface area contributed by atoms with Crippen molar-refractivity contribution in [2.24, 2.45) is 0 Å². The highest BCUT2D eigenvalue weighted by atomic mass is 35.5. The van der Waals surface area contributed by atoms with Crippen molar-refractivity contribution in [2.75, 3.05) is 11.6 Å². The molecule has 0 spiro atoms. The van der Waals surface area contributed by atoms with Gasteiger partial charge >= 0.3 is 0 Å². The van der Waals surface area contributed by atoms with E-state index in [1.807, 2.05) is 24.4 Å². The van der Waals surface area contributed by atoms with Gasteiger partial charge in [0.15, 0.2) is 0 Å². The summed E-state index contributed by atoms with van der Waals surface area (Å²) in [5.74, 6) is 0.643. The summed E-state index contributed by atoms with van der Waals surface area (Å²) in [6, 6.07) is 7.34. The van der Waals surface area contributed by atoms with Crippen molar-refractivity contribution < 1.29 is 8.42 Å². The second-order valence-corrected chi connectivity index (χ2v) is 9.33. The normalized spacial score (nSPS) is 20.4. The smallest absolute Gasteiger partial charge is 0.209 e. The molecule has 0 bridgehead atoms. The number of aromatic nitrogens is 3. The summed E-state index contributed by atoms with van der Waals surface area (Å²) >= 11 is 6.17. The lowest BCUT2D eigenvalue weighted by molar-refractivity contribution is 0.379. The van der Waals surface area contributed by atoms with Crippen molar-refractivity contribution in [3.8, 4) is 11.1 Å². The largest absolute Gasteiger partial charge is 0.365 e. The third-order valence-electron chi connectivity index (χ3n) is 5.06. The number of halogens is 1. The average molecular weight is 420 g/mol. The van der Waals surface area contributed by atoms with E-state index in [1.54, 1.807) is 12.3 Å². The molecular formula is C19H22ClN5O2S. The van der Waals surface area contributed by atoms with Crippen LogP contribution in [-0.2, 0) is 10.0 Å². The topological polar surface area (TPSA) is 99.8 Å². The molecule has 0 aromatic carbocycles. The Morgan fingerprint density at radius 2 is 1.93 bits per heavy atom. The minimum atomic E-state index is -3.29. The van der Waals surface area contributed by atoms with Gasteiger partial charge in [-0.3, -0.25) is 0 Å². The highest BCUT2D eigenvalue weighted by Crippen LogP contribution is 2.34. The first-order chi connectivity index (χ1) is 13.4. The fourth-order valence-corrected chi connectivity index (χ4v) is 4.82. The molecule has 1 aliphatic rings. The first-order valence-electron chi connectivity index (χ1n) is 9.23. The Balaban J connectivity index is 1.70. The Kier molecular flexibility index (Phi) is 5.27. The molecule has 0 radical (unpaired) electrons. The van der Waals surface area contributed by atoms with E-state index < -0.39 is 10.0 Å². The van der Waals surface area contributed by atoms with Crippen molar-refractivity contribution in [2.45, 2.75) is 37.8 Å². The summed E-state index contributed by atoms with van der Waals surface area (Å²) in [6.07, 6.45) is 8.52. The van der Waals surface area contributed by atoms with Crippen LogP contribution in [0.1, 0.15) is 25.7 Å². The maximum absolute atomic E-state index is 11.8. The molecule has 0 aliphatic heterocycles. The van der Waals surface area contributed by atoms with Crippen LogP contribution in [0.25, 0.3) is 22.2 Å². The molecule has 0 saturated heterocycles. The van der Waals surface area contributed by atoms with E-state index in [2.05, 4.69) is 25.0 Å². The molecule has 7 nitrogen and oxygen atoms in total. The third kappa shape index (κ3) is 4.14. The van der Waals surface area contributed by atoms with Gasteiger partial charge < -0.3 is 10.3 Å². The van der Waals surface area contributed by atoms with Crippen LogP contribution in [0.5, 0.6) is 0 Å². The van der Waals surface area contributed by atoms with E-state index in [4.69, 9.17) is 11.6 Å². The zero-order chi connectivity index (χ0) is 19.7. The second kappa shape index (κ2) is 7.69. The monoisotopic (exact) mass is 419 g/mol. The molecule has 2 unspecified atom stereocenters. The number of anilines is 1. The average Bonchev–Trinajstić information content (AvgIpc) is 3.06. The van der Waals surface area contributed by atoms with Crippen molar-refractivity contribution in [1.29, 1.82) is 0 Å². The highest BCUT2D eigenvalue weighted by molar-refractivity contribution is 7.88. The molecule has 148 valence electrons. The standard InChI is InChI=1S/C19H22ClN5O2S/c1-28(26,27)25-16-7-3-2-6-15(16)23-19-13(8-9-17(20)24-19)14-11-22-18-12(14)5-4-10-21-18/h4-5,8-11,15-16,25H,2-3,6-7H2,1H3,(H,21,22)(H,23,24). The molecular weight excluding hydrogens is 398 g/mol. The summed E-state index contributed by atoms with van der Waals surface area (Å²) in [5.41, 5.74) is 2.67. The van der Waals surface area contributed by atoms with Crippen LogP contribution in [0.3, 0.4) is 0 Å². The molecule has 3 aromatic heterocycles. The van der Waals surface area contributed by atoms with Gasteiger partial charge in [0.05, 0.1) is 6.26 Å². The van der Waals surface area contributed by atoms with E-state index in [9.17, 15) is 8.42 Å². The number of H-pyrrole nitrogens is 1. The Bertz CT molecular complexity index is 1100. The maximum atomic E-state index is 11.8. The van der Waals surface area contributed by atoms with Gasteiger partial charge in [0.25, 0.3) is 0 Å². The second-order valence-electron chi connectivity index (χ2n) is 7.16. The quantitative estimate of drug-likeness (QED) is 0.549. The summed E-state index contributed by atoms with van der Waals surface area (Å²) in [6.45, 7) is 0. The van der Waals surface area contributed by atoms with Gasteiger partial charge in [0, 0.05) is 41.0 Å². The third-order valence-corrected chi connectivity index (χ3v) is 6.00. The number of fused-ring (bicyclic) bond motifs is 1. The molecule has 28 heavy (non-hydrogen) atoms. The Labute approximate surface area is 169 Å². The van der Waals surface area contributed by atoms with Gasteiger partial charge in [-0.15, -0.1) is 0 Å². The Morgan fingerprint density at radius 3 is 2.71 bits per heavy atom. The predicted molar refractivity (Wildman–Crippen MR) is 112 cm³/mol. The molecule has 1 aliphatic carbocycles. The van der Waals surface area contributed by atoms with Gasteiger partial charge in [0.1, 0.15) is 16.6 Å². The number of hydrogen-bond acceptors (Lipinski definition) is 5. The van der Waals surface area contributed by atoms with Crippen LogP contribution >= 0.6 is 11.6 Å². The molecule has 1 saturated carbocycles. The lowest BCUT2D eigenvalue weighted by atomic mass is 9.91. The molecule has 2 atom stereocenters. The van der Waals surface area contributed by atoms with Crippen LogP contribution in [0.15, 0.2) is 36.7 Å². The minimum Gasteiger partial charge on any atom is -0.365 e. The van der Waals surface area contributed by atoms with Crippen LogP contribution in [0.2, 0.25) is 5.15 Å². The highest BCUT2D eigenvalue weighted by Gasteiger charge is 2.28. The number of nitrogens with zero attached hydrogens (tertiary/aromatic N) is 2. The summed E-state index contributed by atoms with van der Waals surface area (Å²) < 4.78 is 26.3. The number of pyridine rings is 2. The predicted octanol–water partition coefficient (Wildman–Crippen LogP) is 3.55. The van der Waals surface area contributed by atoms with Gasteiger partial charge in [-0.2, -0.15) is 0 Å². The van der Waals surface area contributed by atoms with Crippen LogP contribution in [0, 0.1) is 0 Å². The van der Waals surface area contributed by atoms with E-state index in [0.29, 0.717) is 11.0 Å². The van der Waals surface area contributed by atoms with Gasteiger partial charge in [-0.1, -0.05) is 24.4 Å². The summed E-state index contributed by atoms with van der Waals surface area (Å²) in [5, 5.41) is 4.83. The van der Waals surface area contributed by atoms with Gasteiger partial charge in [0.2, 0.25) is 10.0 Å². The fourth-order valence-electron chi connectivity index (χ4n) is 3.84. The SMILES string of the molecule is CS(=O)(=O)NC1CCCCC1Nc1nc(Cl)ccc1-c1c[nH]c2ncccc12. The van der Waals surface area contributed by atoms with Crippen molar-refractivity contribution in [1.82, 2.24) is 19.7 Å². The zero-order valence-electron chi connectivity index (χ0n) is 15.4. The first kappa shape index (κ1) is 19.2. The number of sulfonamides is 1.